The average molecular weight is 427 g/mol. The van der Waals surface area contributed by atoms with Crippen molar-refractivity contribution in [1.82, 2.24) is 9.88 Å². The van der Waals surface area contributed by atoms with E-state index in [1.807, 2.05) is 11.4 Å². The van der Waals surface area contributed by atoms with Gasteiger partial charge in [-0.15, -0.1) is 23.7 Å². The lowest BCUT2D eigenvalue weighted by Gasteiger charge is -2.24. The second-order valence-electron chi connectivity index (χ2n) is 7.54. The number of nitrogens with zero attached hydrogens (tertiary/aromatic N) is 1. The quantitative estimate of drug-likeness (QED) is 0.442. The van der Waals surface area contributed by atoms with Gasteiger partial charge in [0.2, 0.25) is 0 Å². The number of nitrogens with one attached hydrogen (secondary N) is 1. The van der Waals surface area contributed by atoms with Crippen molar-refractivity contribution in [2.75, 3.05) is 13.1 Å². The Labute approximate surface area is 179 Å². The van der Waals surface area contributed by atoms with Crippen molar-refractivity contribution in [3.05, 3.63) is 63.8 Å². The van der Waals surface area contributed by atoms with Gasteiger partial charge in [0.1, 0.15) is 10.4 Å². The van der Waals surface area contributed by atoms with Crippen LogP contribution >= 0.6 is 23.7 Å². The van der Waals surface area contributed by atoms with Crippen LogP contribution in [-0.2, 0) is 0 Å². The number of likely N-dealkylation sites (tertiary alicyclic amines) is 1. The molecular weight excluding hydrogens is 404 g/mol. The highest BCUT2D eigenvalue weighted by atomic mass is 35.5. The molecule has 1 aliphatic heterocycles. The van der Waals surface area contributed by atoms with Crippen LogP contribution in [0.1, 0.15) is 31.4 Å². The number of phenols is 1. The normalized spacial score (nSPS) is 15.6. The number of aromatic amines is 1. The third-order valence-corrected chi connectivity index (χ3v) is 6.86. The minimum absolute atomic E-state index is 0. The first-order valence-electron chi connectivity index (χ1n) is 9.73. The Balaban J connectivity index is 0.00000205. The molecule has 0 radical (unpaired) electrons. The number of rotatable bonds is 3. The highest BCUT2D eigenvalue weighted by Crippen LogP contribution is 2.40. The molecule has 2 N–H and O–H groups in total. The van der Waals surface area contributed by atoms with Crippen LogP contribution in [0.5, 0.6) is 5.75 Å². The van der Waals surface area contributed by atoms with Crippen LogP contribution in [0, 0.1) is 0 Å². The molecule has 150 valence electrons. The van der Waals surface area contributed by atoms with Crippen molar-refractivity contribution < 1.29 is 5.11 Å². The summed E-state index contributed by atoms with van der Waals surface area (Å²) in [6.07, 6.45) is 2.56. The Morgan fingerprint density at radius 3 is 2.52 bits per heavy atom. The van der Waals surface area contributed by atoms with Crippen LogP contribution in [0.25, 0.3) is 32.1 Å². The average Bonchev–Trinajstić information content (AvgIpc) is 3.40. The number of halogens is 1. The summed E-state index contributed by atoms with van der Waals surface area (Å²) in [5, 5.41) is 14.4. The summed E-state index contributed by atoms with van der Waals surface area (Å²) >= 11 is 1.43. The molecular formula is C23H23ClN2O2S. The van der Waals surface area contributed by atoms with Crippen molar-refractivity contribution in [1.29, 1.82) is 0 Å². The molecule has 4 aromatic rings. The van der Waals surface area contributed by atoms with Crippen LogP contribution in [0.2, 0.25) is 0 Å². The van der Waals surface area contributed by atoms with E-state index in [1.165, 1.54) is 29.7 Å². The smallest absolute Gasteiger partial charge is 0.266 e. The number of thiophene rings is 1. The maximum absolute atomic E-state index is 12.3. The molecule has 5 rings (SSSR count). The second-order valence-corrected chi connectivity index (χ2v) is 8.46. The maximum atomic E-state index is 12.3. The van der Waals surface area contributed by atoms with Crippen LogP contribution in [0.3, 0.4) is 0 Å². The lowest BCUT2D eigenvalue weighted by Crippen LogP contribution is -2.23. The topological polar surface area (TPSA) is 56.3 Å². The van der Waals surface area contributed by atoms with Gasteiger partial charge in [-0.3, -0.25) is 9.69 Å². The number of aromatic hydroxyl groups is 1. The number of hydrogen-bond acceptors (Lipinski definition) is 4. The summed E-state index contributed by atoms with van der Waals surface area (Å²) in [6.45, 7) is 4.59. The van der Waals surface area contributed by atoms with Crippen molar-refractivity contribution in [3.8, 4) is 16.9 Å². The van der Waals surface area contributed by atoms with Gasteiger partial charge in [0.25, 0.3) is 5.56 Å². The van der Waals surface area contributed by atoms with Crippen LogP contribution in [0.15, 0.2) is 52.6 Å². The number of fused-ring (bicyclic) bond motifs is 3. The van der Waals surface area contributed by atoms with Gasteiger partial charge in [0.05, 0.1) is 0 Å². The number of phenolic OH excluding ortho intramolecular Hbond substituents is 1. The van der Waals surface area contributed by atoms with Gasteiger partial charge in [-0.25, -0.2) is 0 Å². The Morgan fingerprint density at radius 2 is 1.79 bits per heavy atom. The fourth-order valence-electron chi connectivity index (χ4n) is 4.40. The molecule has 0 spiro atoms. The predicted molar refractivity (Wildman–Crippen MR) is 124 cm³/mol. The molecule has 0 amide bonds. The molecule has 0 aliphatic carbocycles. The highest BCUT2D eigenvalue weighted by molar-refractivity contribution is 7.17. The fourth-order valence-corrected chi connectivity index (χ4v) is 5.19. The standard InChI is InChI=1S/C23H22N2O2S.ClH/c1-14(25-11-2-3-12-25)15-4-6-16(7-5-15)20-19(26)9-8-18-21(20)17-10-13-28-22(17)23(27)24-18;/h4-10,13-14,26H,2-3,11-12H2,1H3,(H,24,27);1H. The summed E-state index contributed by atoms with van der Waals surface area (Å²) in [5.41, 5.74) is 3.69. The number of H-pyrrole nitrogens is 1. The number of pyridine rings is 1. The van der Waals surface area contributed by atoms with E-state index >= 15 is 0 Å². The fraction of sp³-hybridized carbons (Fsp3) is 0.261. The SMILES string of the molecule is CC(c1ccc(-c2c(O)ccc3[nH]c(=O)c4sccc4c23)cc1)N1CCCC1.Cl. The van der Waals surface area contributed by atoms with Gasteiger partial charge in [0.15, 0.2) is 0 Å². The van der Waals surface area contributed by atoms with Crippen molar-refractivity contribution in [2.45, 2.75) is 25.8 Å². The van der Waals surface area contributed by atoms with Crippen LogP contribution in [-0.4, -0.2) is 28.1 Å². The van der Waals surface area contributed by atoms with Crippen molar-refractivity contribution in [2.24, 2.45) is 0 Å². The predicted octanol–water partition coefficient (Wildman–Crippen LogP) is 5.69. The van der Waals surface area contributed by atoms with E-state index in [-0.39, 0.29) is 23.7 Å². The first-order chi connectivity index (χ1) is 13.6. The molecule has 1 saturated heterocycles. The van der Waals surface area contributed by atoms with Gasteiger partial charge in [-0.1, -0.05) is 24.3 Å². The van der Waals surface area contributed by atoms with Gasteiger partial charge in [0, 0.05) is 27.9 Å². The van der Waals surface area contributed by atoms with E-state index in [2.05, 4.69) is 41.1 Å². The van der Waals surface area contributed by atoms with E-state index in [0.29, 0.717) is 10.7 Å². The molecule has 6 heteroatoms. The van der Waals surface area contributed by atoms with Gasteiger partial charge in [-0.2, -0.15) is 0 Å². The molecule has 0 saturated carbocycles. The van der Waals surface area contributed by atoms with E-state index in [4.69, 9.17) is 0 Å². The van der Waals surface area contributed by atoms with Crippen LogP contribution < -0.4 is 5.56 Å². The van der Waals surface area contributed by atoms with Gasteiger partial charge in [-0.05, 0) is 67.6 Å². The van der Waals surface area contributed by atoms with E-state index in [9.17, 15) is 9.90 Å². The molecule has 1 aliphatic rings. The van der Waals surface area contributed by atoms with Gasteiger partial charge >= 0.3 is 0 Å². The number of aromatic nitrogens is 1. The molecule has 2 aromatic heterocycles. The monoisotopic (exact) mass is 426 g/mol. The minimum Gasteiger partial charge on any atom is -0.507 e. The Morgan fingerprint density at radius 1 is 1.07 bits per heavy atom. The zero-order valence-corrected chi connectivity index (χ0v) is 17.8. The van der Waals surface area contributed by atoms with E-state index in [1.54, 1.807) is 12.1 Å². The summed E-state index contributed by atoms with van der Waals surface area (Å²) < 4.78 is 0.693. The minimum atomic E-state index is -0.0797. The third kappa shape index (κ3) is 3.33. The highest BCUT2D eigenvalue weighted by Gasteiger charge is 2.20. The van der Waals surface area contributed by atoms with E-state index in [0.717, 1.165) is 40.5 Å². The molecule has 4 nitrogen and oxygen atoms in total. The maximum Gasteiger partial charge on any atom is 0.266 e. The van der Waals surface area contributed by atoms with Crippen molar-refractivity contribution in [3.63, 3.8) is 0 Å². The number of hydrogen-bond donors (Lipinski definition) is 2. The molecule has 3 heterocycles. The molecule has 1 fully saturated rings. The zero-order valence-electron chi connectivity index (χ0n) is 16.1. The first kappa shape index (κ1) is 20.0. The number of benzene rings is 2. The Hall–Kier alpha value is -2.34. The molecule has 1 unspecified atom stereocenters. The summed E-state index contributed by atoms with van der Waals surface area (Å²) in [5.74, 6) is 0.229. The lowest BCUT2D eigenvalue weighted by atomic mass is 9.95. The van der Waals surface area contributed by atoms with Crippen molar-refractivity contribution >= 4 is 44.7 Å². The molecule has 1 atom stereocenters. The van der Waals surface area contributed by atoms with Gasteiger partial charge < -0.3 is 10.1 Å². The summed E-state index contributed by atoms with van der Waals surface area (Å²) in [7, 11) is 0. The van der Waals surface area contributed by atoms with Crippen LogP contribution in [0.4, 0.5) is 0 Å². The first-order valence-corrected chi connectivity index (χ1v) is 10.6. The summed E-state index contributed by atoms with van der Waals surface area (Å²) in [6, 6.07) is 14.3. The molecule has 29 heavy (non-hydrogen) atoms. The largest absolute Gasteiger partial charge is 0.507 e. The van der Waals surface area contributed by atoms with E-state index < -0.39 is 0 Å². The molecule has 2 aromatic carbocycles. The lowest BCUT2D eigenvalue weighted by molar-refractivity contribution is 0.263. The zero-order chi connectivity index (χ0) is 19.3. The second kappa shape index (κ2) is 7.82. The molecule has 0 bridgehead atoms. The Kier molecular flexibility index (Phi) is 5.38. The summed E-state index contributed by atoms with van der Waals surface area (Å²) in [4.78, 5) is 17.8. The Bertz CT molecular complexity index is 1220. The third-order valence-electron chi connectivity index (χ3n) is 5.94.